The van der Waals surface area contributed by atoms with Gasteiger partial charge in [-0.1, -0.05) is 13.0 Å². The highest BCUT2D eigenvalue weighted by atomic mass is 16.5. The van der Waals surface area contributed by atoms with Crippen molar-refractivity contribution in [1.82, 2.24) is 0 Å². The minimum Gasteiger partial charge on any atom is -0.491 e. The first-order chi connectivity index (χ1) is 9.22. The van der Waals surface area contributed by atoms with Crippen LogP contribution in [-0.4, -0.2) is 32.4 Å². The maximum absolute atomic E-state index is 6.24. The fourth-order valence-electron chi connectivity index (χ4n) is 2.36. The molecule has 1 heterocycles. The summed E-state index contributed by atoms with van der Waals surface area (Å²) in [6.07, 6.45) is 2.25. The van der Waals surface area contributed by atoms with E-state index in [-0.39, 0.29) is 6.10 Å². The second-order valence-electron chi connectivity index (χ2n) is 5.02. The zero-order valence-corrected chi connectivity index (χ0v) is 11.9. The Morgan fingerprint density at radius 2 is 2.32 bits per heavy atom. The molecular weight excluding hydrogens is 240 g/mol. The molecule has 4 heteroatoms. The molecule has 19 heavy (non-hydrogen) atoms. The number of para-hydroxylation sites is 1. The molecule has 1 saturated heterocycles. The Morgan fingerprint density at radius 3 is 3.11 bits per heavy atom. The summed E-state index contributed by atoms with van der Waals surface area (Å²) in [6.45, 7) is 7.57. The quantitative estimate of drug-likeness (QED) is 0.849. The van der Waals surface area contributed by atoms with Crippen molar-refractivity contribution < 1.29 is 9.47 Å². The second kappa shape index (κ2) is 6.66. The fraction of sp³-hybridized carbons (Fsp3) is 0.600. The first-order valence-corrected chi connectivity index (χ1v) is 7.10. The average Bonchev–Trinajstić information content (AvgIpc) is 2.62. The van der Waals surface area contributed by atoms with Gasteiger partial charge in [-0.25, -0.2) is 0 Å². The first kappa shape index (κ1) is 14.0. The van der Waals surface area contributed by atoms with Gasteiger partial charge in [0.1, 0.15) is 5.75 Å². The molecule has 1 aromatic rings. The van der Waals surface area contributed by atoms with Gasteiger partial charge in [-0.15, -0.1) is 0 Å². The standard InChI is InChI=1S/C15H24N2O2/c1-3-9-19-14-7-4-6-13(15(14)16)17-8-5-10-18-12(2)11-17/h4,6-7,12H,3,5,8-11,16H2,1-2H3. The predicted molar refractivity (Wildman–Crippen MR) is 78.9 cm³/mol. The van der Waals surface area contributed by atoms with Crippen LogP contribution in [0.1, 0.15) is 26.7 Å². The van der Waals surface area contributed by atoms with Gasteiger partial charge in [0, 0.05) is 19.7 Å². The van der Waals surface area contributed by atoms with Gasteiger partial charge in [0.25, 0.3) is 0 Å². The smallest absolute Gasteiger partial charge is 0.144 e. The van der Waals surface area contributed by atoms with Gasteiger partial charge in [-0.2, -0.15) is 0 Å². The summed E-state index contributed by atoms with van der Waals surface area (Å²) in [7, 11) is 0. The van der Waals surface area contributed by atoms with Crippen LogP contribution in [0.25, 0.3) is 0 Å². The molecule has 0 aliphatic carbocycles. The lowest BCUT2D eigenvalue weighted by atomic mass is 10.2. The molecular formula is C15H24N2O2. The fourth-order valence-corrected chi connectivity index (χ4v) is 2.36. The normalized spacial score (nSPS) is 20.1. The molecule has 1 atom stereocenters. The van der Waals surface area contributed by atoms with Crippen LogP contribution in [0.2, 0.25) is 0 Å². The maximum Gasteiger partial charge on any atom is 0.144 e. The van der Waals surface area contributed by atoms with Crippen LogP contribution in [0.3, 0.4) is 0 Å². The molecule has 0 saturated carbocycles. The third-order valence-corrected chi connectivity index (χ3v) is 3.30. The van der Waals surface area contributed by atoms with Crippen LogP contribution in [0, 0.1) is 0 Å². The number of hydrogen-bond donors (Lipinski definition) is 1. The number of nitrogens with zero attached hydrogens (tertiary/aromatic N) is 1. The lowest BCUT2D eigenvalue weighted by molar-refractivity contribution is 0.0821. The van der Waals surface area contributed by atoms with Gasteiger partial charge in [-0.05, 0) is 31.9 Å². The van der Waals surface area contributed by atoms with E-state index >= 15 is 0 Å². The third-order valence-electron chi connectivity index (χ3n) is 3.30. The Kier molecular flexibility index (Phi) is 4.91. The topological polar surface area (TPSA) is 47.7 Å². The molecule has 2 N–H and O–H groups in total. The van der Waals surface area contributed by atoms with Gasteiger partial charge in [0.05, 0.1) is 24.1 Å². The Hall–Kier alpha value is -1.42. The minimum absolute atomic E-state index is 0.238. The van der Waals surface area contributed by atoms with Gasteiger partial charge in [0.2, 0.25) is 0 Å². The Bertz CT molecular complexity index is 409. The monoisotopic (exact) mass is 264 g/mol. The molecule has 1 aliphatic heterocycles. The summed E-state index contributed by atoms with van der Waals surface area (Å²) in [5, 5.41) is 0. The van der Waals surface area contributed by atoms with Gasteiger partial charge < -0.3 is 20.1 Å². The molecule has 1 unspecified atom stereocenters. The van der Waals surface area contributed by atoms with Gasteiger partial charge in [-0.3, -0.25) is 0 Å². The summed E-state index contributed by atoms with van der Waals surface area (Å²) in [5.41, 5.74) is 8.05. The summed E-state index contributed by atoms with van der Waals surface area (Å²) < 4.78 is 11.4. The zero-order valence-electron chi connectivity index (χ0n) is 11.9. The Morgan fingerprint density at radius 1 is 1.47 bits per heavy atom. The Labute approximate surface area is 115 Å². The van der Waals surface area contributed by atoms with E-state index in [1.54, 1.807) is 0 Å². The molecule has 1 aliphatic rings. The molecule has 2 rings (SSSR count). The van der Waals surface area contributed by atoms with Crippen LogP contribution < -0.4 is 15.4 Å². The molecule has 0 aromatic heterocycles. The third kappa shape index (κ3) is 3.53. The lowest BCUT2D eigenvalue weighted by Gasteiger charge is -2.26. The highest BCUT2D eigenvalue weighted by Crippen LogP contribution is 2.33. The Balaban J connectivity index is 2.18. The molecule has 106 valence electrons. The van der Waals surface area contributed by atoms with E-state index in [9.17, 15) is 0 Å². The van der Waals surface area contributed by atoms with E-state index in [0.29, 0.717) is 6.61 Å². The van der Waals surface area contributed by atoms with Gasteiger partial charge >= 0.3 is 0 Å². The van der Waals surface area contributed by atoms with E-state index in [1.165, 1.54) is 0 Å². The van der Waals surface area contributed by atoms with E-state index in [1.807, 2.05) is 12.1 Å². The molecule has 0 amide bonds. The molecule has 1 aromatic carbocycles. The maximum atomic E-state index is 6.24. The largest absolute Gasteiger partial charge is 0.491 e. The van der Waals surface area contributed by atoms with E-state index in [4.69, 9.17) is 15.2 Å². The number of ether oxygens (including phenoxy) is 2. The van der Waals surface area contributed by atoms with Crippen molar-refractivity contribution in [3.8, 4) is 5.75 Å². The van der Waals surface area contributed by atoms with E-state index in [2.05, 4.69) is 24.8 Å². The number of nitrogens with two attached hydrogens (primary N) is 1. The number of nitrogen functional groups attached to an aromatic ring is 1. The van der Waals surface area contributed by atoms with Crippen molar-refractivity contribution in [2.75, 3.05) is 36.9 Å². The number of hydrogen-bond acceptors (Lipinski definition) is 4. The number of benzene rings is 1. The van der Waals surface area contributed by atoms with Crippen LogP contribution in [0.5, 0.6) is 5.75 Å². The zero-order chi connectivity index (χ0) is 13.7. The summed E-state index contributed by atoms with van der Waals surface area (Å²) in [6, 6.07) is 6.01. The van der Waals surface area contributed by atoms with Crippen LogP contribution in [0.15, 0.2) is 18.2 Å². The lowest BCUT2D eigenvalue weighted by Crippen LogP contribution is -2.30. The van der Waals surface area contributed by atoms with Crippen molar-refractivity contribution in [3.63, 3.8) is 0 Å². The molecule has 0 bridgehead atoms. The molecule has 1 fully saturated rings. The van der Waals surface area contributed by atoms with Crippen LogP contribution >= 0.6 is 0 Å². The van der Waals surface area contributed by atoms with Crippen molar-refractivity contribution in [2.45, 2.75) is 32.8 Å². The number of anilines is 2. The minimum atomic E-state index is 0.238. The average molecular weight is 264 g/mol. The summed E-state index contributed by atoms with van der Waals surface area (Å²) in [4.78, 5) is 2.30. The van der Waals surface area contributed by atoms with Crippen LogP contribution in [-0.2, 0) is 4.74 Å². The summed E-state index contributed by atoms with van der Waals surface area (Å²) in [5.74, 6) is 0.789. The van der Waals surface area contributed by atoms with Crippen molar-refractivity contribution in [3.05, 3.63) is 18.2 Å². The van der Waals surface area contributed by atoms with Crippen LogP contribution in [0.4, 0.5) is 11.4 Å². The highest BCUT2D eigenvalue weighted by Gasteiger charge is 2.18. The second-order valence-corrected chi connectivity index (χ2v) is 5.02. The van der Waals surface area contributed by atoms with Gasteiger partial charge in [0.15, 0.2) is 0 Å². The van der Waals surface area contributed by atoms with Crippen molar-refractivity contribution in [1.29, 1.82) is 0 Å². The SMILES string of the molecule is CCCOc1cccc(N2CCCOC(C)C2)c1N. The molecule has 0 radical (unpaired) electrons. The number of rotatable bonds is 4. The van der Waals surface area contributed by atoms with E-state index in [0.717, 1.165) is 49.7 Å². The predicted octanol–water partition coefficient (Wildman–Crippen LogP) is 2.67. The molecule has 0 spiro atoms. The van der Waals surface area contributed by atoms with Crippen molar-refractivity contribution in [2.24, 2.45) is 0 Å². The summed E-state index contributed by atoms with van der Waals surface area (Å²) >= 11 is 0. The van der Waals surface area contributed by atoms with Crippen molar-refractivity contribution >= 4 is 11.4 Å². The van der Waals surface area contributed by atoms with E-state index < -0.39 is 0 Å². The first-order valence-electron chi connectivity index (χ1n) is 7.10. The molecule has 4 nitrogen and oxygen atoms in total. The highest BCUT2D eigenvalue weighted by molar-refractivity contribution is 5.74.